The second-order valence-corrected chi connectivity index (χ2v) is 7.60. The molecule has 0 saturated heterocycles. The Balaban J connectivity index is 0.00000288. The molecule has 8 heteroatoms. The van der Waals surface area contributed by atoms with Gasteiger partial charge in [-0.15, -0.1) is 0 Å². The molecule has 0 aliphatic rings. The molecule has 0 aliphatic carbocycles. The molecule has 0 spiro atoms. The highest BCUT2D eigenvalue weighted by Gasteiger charge is 2.23. The Bertz CT molecular complexity index is 687. The van der Waals surface area contributed by atoms with E-state index in [1.165, 1.54) is 0 Å². The maximum atomic E-state index is 12.2. The van der Waals surface area contributed by atoms with Gasteiger partial charge in [-0.2, -0.15) is 13.5 Å². The van der Waals surface area contributed by atoms with E-state index in [0.29, 0.717) is 22.5 Å². The highest BCUT2D eigenvalue weighted by molar-refractivity contribution is 7.91. The van der Waals surface area contributed by atoms with Crippen molar-refractivity contribution in [2.45, 2.75) is 12.2 Å². The fourth-order valence-electron chi connectivity index (χ4n) is 2.18. The first-order valence-electron chi connectivity index (χ1n) is 7.04. The van der Waals surface area contributed by atoms with Crippen molar-refractivity contribution in [2.24, 2.45) is 0 Å². The predicted octanol–water partition coefficient (Wildman–Crippen LogP) is 1.15. The van der Waals surface area contributed by atoms with Crippen molar-refractivity contribution in [3.8, 4) is 0 Å². The highest BCUT2D eigenvalue weighted by Crippen LogP contribution is 2.21. The smallest absolute Gasteiger partial charge is 0.156 e. The van der Waals surface area contributed by atoms with Gasteiger partial charge in [0.25, 0.3) is 0 Å². The maximum absolute atomic E-state index is 12.2. The Labute approximate surface area is 148 Å². The quantitative estimate of drug-likeness (QED) is 0.565. The van der Waals surface area contributed by atoms with E-state index in [2.05, 4.69) is 0 Å². The van der Waals surface area contributed by atoms with Crippen LogP contribution in [0.15, 0.2) is 48.5 Å². The fraction of sp³-hybridized carbons (Fsp3) is 0.250. The monoisotopic (exact) mass is 370 g/mol. The number of hydrogen-bond acceptors (Lipinski definition) is 6. The molecule has 0 aliphatic heterocycles. The highest BCUT2D eigenvalue weighted by atomic mass is 32.2. The lowest BCUT2D eigenvalue weighted by atomic mass is 10.1. The van der Waals surface area contributed by atoms with Crippen LogP contribution in [0, 0.1) is 0 Å². The first-order chi connectivity index (χ1) is 10.8. The predicted molar refractivity (Wildman–Crippen MR) is 101 cm³/mol. The number of anilines is 2. The average molecular weight is 370 g/mol. The Morgan fingerprint density at radius 3 is 1.33 bits per heavy atom. The van der Waals surface area contributed by atoms with Gasteiger partial charge in [-0.05, 0) is 35.4 Å². The van der Waals surface area contributed by atoms with E-state index in [1.54, 1.807) is 48.5 Å². The van der Waals surface area contributed by atoms with E-state index >= 15 is 0 Å². The Morgan fingerprint density at radius 2 is 1.04 bits per heavy atom. The molecule has 24 heavy (non-hydrogen) atoms. The fourth-order valence-corrected chi connectivity index (χ4v) is 3.66. The molecule has 2 aromatic rings. The summed E-state index contributed by atoms with van der Waals surface area (Å²) in [5.74, 6) is -0.939. The van der Waals surface area contributed by atoms with E-state index in [-0.39, 0.29) is 13.5 Å². The van der Waals surface area contributed by atoms with Crippen LogP contribution in [0.3, 0.4) is 0 Å². The van der Waals surface area contributed by atoms with Gasteiger partial charge in [0.1, 0.15) is 0 Å². The standard InChI is InChI=1S/C16H20N2O4S.H2S/c17-13-5-1-11(2-6-13)15(19)9-23(21,22)10-16(20)12-3-7-14(18)8-4-12;/h1-8,15-16,19-20H,9-10,17-18H2;1H2. The molecular weight excluding hydrogens is 348 g/mol. The molecular formula is C16H22N2O4S2. The summed E-state index contributed by atoms with van der Waals surface area (Å²) in [5, 5.41) is 20.1. The molecule has 2 unspecified atom stereocenters. The van der Waals surface area contributed by atoms with Crippen molar-refractivity contribution in [3.63, 3.8) is 0 Å². The van der Waals surface area contributed by atoms with Crippen molar-refractivity contribution in [3.05, 3.63) is 59.7 Å². The van der Waals surface area contributed by atoms with Gasteiger partial charge in [0.05, 0.1) is 23.7 Å². The number of nitrogens with two attached hydrogens (primary N) is 2. The van der Waals surface area contributed by atoms with E-state index in [9.17, 15) is 18.6 Å². The first-order valence-corrected chi connectivity index (χ1v) is 8.86. The van der Waals surface area contributed by atoms with Crippen molar-refractivity contribution in [1.29, 1.82) is 0 Å². The van der Waals surface area contributed by atoms with E-state index in [4.69, 9.17) is 11.5 Å². The Morgan fingerprint density at radius 1 is 0.750 bits per heavy atom. The summed E-state index contributed by atoms with van der Waals surface area (Å²) in [5.41, 5.74) is 13.1. The largest absolute Gasteiger partial charge is 0.399 e. The maximum Gasteiger partial charge on any atom is 0.156 e. The Kier molecular flexibility index (Phi) is 7.09. The minimum Gasteiger partial charge on any atom is -0.399 e. The second kappa shape index (κ2) is 8.39. The normalized spacial score (nSPS) is 13.8. The molecule has 0 saturated carbocycles. The van der Waals surface area contributed by atoms with Gasteiger partial charge in [0.15, 0.2) is 9.84 Å². The minimum absolute atomic E-state index is 0. The molecule has 132 valence electrons. The zero-order valence-electron chi connectivity index (χ0n) is 13.0. The second-order valence-electron chi connectivity index (χ2n) is 5.44. The number of benzene rings is 2. The van der Waals surface area contributed by atoms with Gasteiger partial charge < -0.3 is 21.7 Å². The molecule has 0 bridgehead atoms. The van der Waals surface area contributed by atoms with Gasteiger partial charge in [-0.25, -0.2) is 8.42 Å². The lowest BCUT2D eigenvalue weighted by molar-refractivity contribution is 0.194. The zero-order valence-corrected chi connectivity index (χ0v) is 14.8. The van der Waals surface area contributed by atoms with Crippen LogP contribution in [0.2, 0.25) is 0 Å². The molecule has 2 rings (SSSR count). The van der Waals surface area contributed by atoms with Gasteiger partial charge >= 0.3 is 0 Å². The van der Waals surface area contributed by atoms with Gasteiger partial charge in [0.2, 0.25) is 0 Å². The lowest BCUT2D eigenvalue weighted by Crippen LogP contribution is -2.21. The summed E-state index contributed by atoms with van der Waals surface area (Å²) in [7, 11) is -3.66. The summed E-state index contributed by atoms with van der Waals surface area (Å²) in [4.78, 5) is 0. The van der Waals surface area contributed by atoms with Crippen molar-refractivity contribution in [2.75, 3.05) is 23.0 Å². The molecule has 0 heterocycles. The van der Waals surface area contributed by atoms with Crippen LogP contribution in [0.5, 0.6) is 0 Å². The molecule has 6 nitrogen and oxygen atoms in total. The number of aliphatic hydroxyl groups excluding tert-OH is 2. The van der Waals surface area contributed by atoms with Crippen LogP contribution in [0.1, 0.15) is 23.3 Å². The van der Waals surface area contributed by atoms with Crippen molar-refractivity contribution in [1.82, 2.24) is 0 Å². The van der Waals surface area contributed by atoms with Crippen LogP contribution in [0.25, 0.3) is 0 Å². The number of rotatable bonds is 6. The molecule has 2 aromatic carbocycles. The van der Waals surface area contributed by atoms with Crippen LogP contribution in [-0.2, 0) is 9.84 Å². The third-order valence-electron chi connectivity index (χ3n) is 3.47. The average Bonchev–Trinajstić information content (AvgIpc) is 2.47. The summed E-state index contributed by atoms with van der Waals surface area (Å²) >= 11 is 0. The van der Waals surface area contributed by atoms with E-state index in [1.807, 2.05) is 0 Å². The van der Waals surface area contributed by atoms with Crippen LogP contribution in [-0.4, -0.2) is 30.1 Å². The molecule has 6 N–H and O–H groups in total. The summed E-state index contributed by atoms with van der Waals surface area (Å²) < 4.78 is 24.3. The molecule has 0 radical (unpaired) electrons. The molecule has 0 amide bonds. The minimum atomic E-state index is -3.66. The summed E-state index contributed by atoms with van der Waals surface area (Å²) in [6, 6.07) is 12.7. The number of sulfone groups is 1. The topological polar surface area (TPSA) is 127 Å². The van der Waals surface area contributed by atoms with Crippen LogP contribution >= 0.6 is 13.5 Å². The third-order valence-corrected chi connectivity index (χ3v) is 5.11. The van der Waals surface area contributed by atoms with Gasteiger partial charge in [-0.3, -0.25) is 0 Å². The summed E-state index contributed by atoms with van der Waals surface area (Å²) in [6.07, 6.45) is -2.33. The zero-order chi connectivity index (χ0) is 17.0. The van der Waals surface area contributed by atoms with Gasteiger partial charge in [0, 0.05) is 11.4 Å². The lowest BCUT2D eigenvalue weighted by Gasteiger charge is -2.15. The van der Waals surface area contributed by atoms with Gasteiger partial charge in [-0.1, -0.05) is 24.3 Å². The molecule has 0 aromatic heterocycles. The van der Waals surface area contributed by atoms with E-state index in [0.717, 1.165) is 0 Å². The van der Waals surface area contributed by atoms with Crippen LogP contribution in [0.4, 0.5) is 11.4 Å². The number of aliphatic hydroxyl groups is 2. The van der Waals surface area contributed by atoms with Crippen molar-refractivity contribution >= 4 is 34.7 Å². The number of nitrogen functional groups attached to an aromatic ring is 2. The Hall–Kier alpha value is -1.74. The van der Waals surface area contributed by atoms with Crippen molar-refractivity contribution < 1.29 is 18.6 Å². The third kappa shape index (κ3) is 5.72. The first kappa shape index (κ1) is 20.3. The van der Waals surface area contributed by atoms with Crippen LogP contribution < -0.4 is 11.5 Å². The van der Waals surface area contributed by atoms with E-state index < -0.39 is 33.6 Å². The molecule has 0 fully saturated rings. The molecule has 2 atom stereocenters. The number of hydrogen-bond donors (Lipinski definition) is 4. The SMILES string of the molecule is Nc1ccc(C(O)CS(=O)(=O)CC(O)c2ccc(N)cc2)cc1.S. The summed E-state index contributed by atoms with van der Waals surface area (Å²) in [6.45, 7) is 0.